The second kappa shape index (κ2) is 13.8. The third-order valence-corrected chi connectivity index (χ3v) is 8.56. The number of aromatic nitrogens is 4. The summed E-state index contributed by atoms with van der Waals surface area (Å²) in [6, 6.07) is 6.20. The van der Waals surface area contributed by atoms with Gasteiger partial charge in [0.15, 0.2) is 0 Å². The van der Waals surface area contributed by atoms with E-state index in [4.69, 9.17) is 14.2 Å². The number of alkyl halides is 3. The minimum Gasteiger partial charge on any atom is -0.488 e. The van der Waals surface area contributed by atoms with Crippen molar-refractivity contribution in [3.05, 3.63) is 52.7 Å². The van der Waals surface area contributed by atoms with Gasteiger partial charge in [-0.05, 0) is 25.1 Å². The molecule has 3 aromatic rings. The van der Waals surface area contributed by atoms with Crippen LogP contribution >= 0.6 is 0 Å². The Bertz CT molecular complexity index is 1440. The lowest BCUT2D eigenvalue weighted by molar-refractivity contribution is -0.138. The predicted molar refractivity (Wildman–Crippen MR) is 157 cm³/mol. The maximum absolute atomic E-state index is 13.0. The zero-order valence-electron chi connectivity index (χ0n) is 24.8. The highest BCUT2D eigenvalue weighted by Crippen LogP contribution is 2.28. The van der Waals surface area contributed by atoms with Gasteiger partial charge in [-0.2, -0.15) is 18.3 Å². The third-order valence-electron chi connectivity index (χ3n) is 6.85. The number of carbonyl (C=O) groups excluding carboxylic acids is 1. The Morgan fingerprint density at radius 1 is 1.02 bits per heavy atom. The van der Waals surface area contributed by atoms with Crippen LogP contribution < -0.4 is 15.2 Å². The van der Waals surface area contributed by atoms with Crippen LogP contribution in [0.2, 0.25) is 25.7 Å². The first-order chi connectivity index (χ1) is 20.3. The minimum absolute atomic E-state index is 0.0838. The van der Waals surface area contributed by atoms with Crippen molar-refractivity contribution in [1.29, 1.82) is 0 Å². The molecule has 1 fully saturated rings. The Kier molecular flexibility index (Phi) is 10.4. The van der Waals surface area contributed by atoms with Gasteiger partial charge < -0.3 is 24.0 Å². The van der Waals surface area contributed by atoms with E-state index in [2.05, 4.69) is 34.7 Å². The molecule has 0 spiro atoms. The molecule has 15 heteroatoms. The number of fused-ring (bicyclic) bond motifs is 1. The van der Waals surface area contributed by atoms with Crippen LogP contribution in [-0.2, 0) is 27.2 Å². The first-order valence-corrected chi connectivity index (χ1v) is 17.8. The highest BCUT2D eigenvalue weighted by Gasteiger charge is 2.32. The van der Waals surface area contributed by atoms with Gasteiger partial charge in [-0.1, -0.05) is 25.7 Å². The van der Waals surface area contributed by atoms with Gasteiger partial charge in [0.1, 0.15) is 25.2 Å². The molecule has 4 rings (SSSR count). The summed E-state index contributed by atoms with van der Waals surface area (Å²) < 4.78 is 56.9. The van der Waals surface area contributed by atoms with Crippen molar-refractivity contribution < 1.29 is 32.2 Å². The summed E-state index contributed by atoms with van der Waals surface area (Å²) in [4.78, 5) is 36.6. The second-order valence-corrected chi connectivity index (χ2v) is 17.2. The van der Waals surface area contributed by atoms with E-state index in [1.807, 2.05) is 0 Å². The Labute approximate surface area is 248 Å². The number of anilines is 1. The lowest BCUT2D eigenvalue weighted by Gasteiger charge is -2.34. The fraction of sp³-hybridized carbons (Fsp3) is 0.536. The average molecular weight is 623 g/mol. The van der Waals surface area contributed by atoms with Crippen molar-refractivity contribution in [1.82, 2.24) is 24.6 Å². The van der Waals surface area contributed by atoms with Gasteiger partial charge in [0.05, 0.1) is 23.8 Å². The Morgan fingerprint density at radius 2 is 1.72 bits per heavy atom. The zero-order valence-corrected chi connectivity index (χ0v) is 25.8. The minimum atomic E-state index is -4.50. The van der Waals surface area contributed by atoms with E-state index in [9.17, 15) is 22.8 Å². The largest absolute Gasteiger partial charge is 0.488 e. The fourth-order valence-electron chi connectivity index (χ4n) is 4.35. The van der Waals surface area contributed by atoms with Gasteiger partial charge in [-0.3, -0.25) is 9.59 Å². The van der Waals surface area contributed by atoms with E-state index in [0.717, 1.165) is 18.4 Å². The van der Waals surface area contributed by atoms with E-state index in [0.29, 0.717) is 49.3 Å². The van der Waals surface area contributed by atoms with E-state index >= 15 is 0 Å². The number of hydrogen-bond acceptors (Lipinski definition) is 9. The van der Waals surface area contributed by atoms with Gasteiger partial charge in [0, 0.05) is 58.6 Å². The molecule has 0 N–H and O–H groups in total. The van der Waals surface area contributed by atoms with Gasteiger partial charge in [-0.15, -0.1) is 0 Å². The average Bonchev–Trinajstić information content (AvgIpc) is 2.96. The van der Waals surface area contributed by atoms with Crippen molar-refractivity contribution in [3.63, 3.8) is 0 Å². The molecule has 3 heterocycles. The summed E-state index contributed by atoms with van der Waals surface area (Å²) in [7, 11) is -1.23. The Morgan fingerprint density at radius 3 is 2.37 bits per heavy atom. The number of hydrogen-bond donors (Lipinski definition) is 0. The molecule has 0 radical (unpaired) electrons. The molecule has 43 heavy (non-hydrogen) atoms. The van der Waals surface area contributed by atoms with Crippen molar-refractivity contribution in [2.24, 2.45) is 0 Å². The van der Waals surface area contributed by atoms with E-state index < -0.39 is 25.9 Å². The van der Waals surface area contributed by atoms with E-state index in [1.54, 1.807) is 41.1 Å². The van der Waals surface area contributed by atoms with Crippen LogP contribution in [0.1, 0.15) is 12.5 Å². The van der Waals surface area contributed by atoms with Crippen LogP contribution in [0.15, 0.2) is 41.6 Å². The number of piperazine rings is 1. The number of carbonyl (C=O) groups is 1. The van der Waals surface area contributed by atoms with Crippen LogP contribution in [0.3, 0.4) is 0 Å². The van der Waals surface area contributed by atoms with Gasteiger partial charge in [0.25, 0.3) is 5.56 Å². The second-order valence-electron chi connectivity index (χ2n) is 11.6. The third kappa shape index (κ3) is 8.97. The molecule has 1 aliphatic heterocycles. The highest BCUT2D eigenvalue weighted by atomic mass is 28.3. The number of halogens is 3. The summed E-state index contributed by atoms with van der Waals surface area (Å²) in [6.07, 6.45) is -1.81. The summed E-state index contributed by atoms with van der Waals surface area (Å²) >= 11 is 0. The molecule has 1 aromatic carbocycles. The van der Waals surface area contributed by atoms with Gasteiger partial charge in [-0.25, -0.2) is 14.6 Å². The van der Waals surface area contributed by atoms with Crippen molar-refractivity contribution in [2.45, 2.75) is 51.6 Å². The number of benzene rings is 1. The molecule has 0 bridgehead atoms. The fourth-order valence-corrected chi connectivity index (χ4v) is 5.10. The molecule has 1 amide bonds. The quantitative estimate of drug-likeness (QED) is 0.221. The van der Waals surface area contributed by atoms with Crippen molar-refractivity contribution in [2.75, 3.05) is 50.9 Å². The molecule has 2 aromatic heterocycles. The molecule has 1 aliphatic rings. The smallest absolute Gasteiger partial charge is 0.419 e. The summed E-state index contributed by atoms with van der Waals surface area (Å²) in [6.45, 7) is 10.7. The lowest BCUT2D eigenvalue weighted by atomic mass is 10.2. The lowest BCUT2D eigenvalue weighted by Crippen LogP contribution is -2.50. The Balaban J connectivity index is 1.23. The monoisotopic (exact) mass is 622 g/mol. The van der Waals surface area contributed by atoms with Gasteiger partial charge in [0.2, 0.25) is 11.9 Å². The molecule has 1 unspecified atom stereocenters. The molecule has 234 valence electrons. The molecule has 0 saturated carbocycles. The number of rotatable bonds is 12. The van der Waals surface area contributed by atoms with Crippen LogP contribution in [0.4, 0.5) is 19.1 Å². The standard InChI is InChI=1S/C28H37F3N6O5Si/c1-20(42-24-7-5-6-22-23(24)16-34-37(26(22)39)19-40-12-13-43(2,3)4)17-41-18-25(38)35-8-10-36(11-9-35)27-32-14-21(15-33-27)28(29,30)31/h5-7,14-16,20H,8-13,17-19H2,1-4H3. The summed E-state index contributed by atoms with van der Waals surface area (Å²) in [5.74, 6) is 0.468. The van der Waals surface area contributed by atoms with Crippen LogP contribution in [0.5, 0.6) is 5.75 Å². The maximum atomic E-state index is 13.0. The van der Waals surface area contributed by atoms with Crippen molar-refractivity contribution >= 4 is 30.7 Å². The topological polar surface area (TPSA) is 112 Å². The first-order valence-electron chi connectivity index (χ1n) is 14.0. The van der Waals surface area contributed by atoms with E-state index in [1.165, 1.54) is 4.68 Å². The maximum Gasteiger partial charge on any atom is 0.419 e. The van der Waals surface area contributed by atoms with Crippen LogP contribution in [-0.4, -0.2) is 90.7 Å². The number of ether oxygens (including phenoxy) is 3. The predicted octanol–water partition coefficient (Wildman–Crippen LogP) is 3.65. The van der Waals surface area contributed by atoms with Crippen LogP contribution in [0, 0.1) is 0 Å². The molecule has 1 saturated heterocycles. The number of nitrogens with zero attached hydrogens (tertiary/aromatic N) is 6. The molecular formula is C28H37F3N6O5Si. The van der Waals surface area contributed by atoms with Crippen molar-refractivity contribution in [3.8, 4) is 5.75 Å². The molecule has 0 aliphatic carbocycles. The van der Waals surface area contributed by atoms with Crippen LogP contribution in [0.25, 0.3) is 10.8 Å². The molecule has 1 atom stereocenters. The summed E-state index contributed by atoms with van der Waals surface area (Å²) in [5.41, 5.74) is -1.18. The zero-order chi connectivity index (χ0) is 31.2. The number of amides is 1. The molecular weight excluding hydrogens is 585 g/mol. The first kappa shape index (κ1) is 32.4. The SMILES string of the molecule is CC(COCC(=O)N1CCN(c2ncc(C(F)(F)F)cn2)CC1)Oc1cccc2c(=O)n(COCC[Si](C)(C)C)ncc12. The van der Waals surface area contributed by atoms with Gasteiger partial charge >= 0.3 is 6.18 Å². The normalized spacial score (nSPS) is 15.1. The highest BCUT2D eigenvalue weighted by molar-refractivity contribution is 6.76. The molecule has 11 nitrogen and oxygen atoms in total. The Hall–Kier alpha value is -3.56. The summed E-state index contributed by atoms with van der Waals surface area (Å²) in [5, 5.41) is 5.29. The van der Waals surface area contributed by atoms with E-state index in [-0.39, 0.29) is 37.4 Å².